The van der Waals surface area contributed by atoms with E-state index in [9.17, 15) is 4.79 Å². The summed E-state index contributed by atoms with van der Waals surface area (Å²) < 4.78 is 4.93. The van der Waals surface area contributed by atoms with Crippen LogP contribution in [0.2, 0.25) is 0 Å². The topological polar surface area (TPSA) is 54.1 Å². The van der Waals surface area contributed by atoms with Crippen molar-refractivity contribution in [2.24, 2.45) is 0 Å². The number of carbonyl (C=O) groups is 1. The summed E-state index contributed by atoms with van der Waals surface area (Å²) in [5.74, 6) is -0.174. The van der Waals surface area contributed by atoms with Crippen molar-refractivity contribution in [2.45, 2.75) is 44.7 Å². The van der Waals surface area contributed by atoms with E-state index in [-0.39, 0.29) is 18.1 Å². The molecule has 2 heterocycles. The summed E-state index contributed by atoms with van der Waals surface area (Å²) in [5.41, 5.74) is 3.65. The van der Waals surface area contributed by atoms with Crippen LogP contribution in [0.5, 0.6) is 0 Å². The second-order valence-electron chi connectivity index (χ2n) is 5.70. The summed E-state index contributed by atoms with van der Waals surface area (Å²) in [5, 5.41) is 4.68. The van der Waals surface area contributed by atoms with Crippen molar-refractivity contribution in [1.82, 2.24) is 10.3 Å². The third-order valence-corrected chi connectivity index (χ3v) is 4.34. The predicted molar refractivity (Wildman–Crippen MR) is 83.2 cm³/mol. The molecule has 2 aromatic rings. The zero-order chi connectivity index (χ0) is 14.8. The van der Waals surface area contributed by atoms with Crippen molar-refractivity contribution in [1.29, 1.82) is 0 Å². The number of esters is 1. The zero-order valence-corrected chi connectivity index (χ0v) is 12.6. The summed E-state index contributed by atoms with van der Waals surface area (Å²) >= 11 is 0. The van der Waals surface area contributed by atoms with Crippen LogP contribution in [0.3, 0.4) is 0 Å². The van der Waals surface area contributed by atoms with E-state index in [4.69, 9.17) is 4.74 Å². The van der Waals surface area contributed by atoms with Crippen LogP contribution in [0.1, 0.15) is 43.5 Å². The van der Waals surface area contributed by atoms with Gasteiger partial charge in [0.1, 0.15) is 6.04 Å². The fourth-order valence-corrected chi connectivity index (χ4v) is 3.26. The number of aromatic nitrogens is 1. The maximum Gasteiger partial charge on any atom is 0.323 e. The fourth-order valence-electron chi connectivity index (χ4n) is 3.26. The van der Waals surface area contributed by atoms with Gasteiger partial charge in [-0.15, -0.1) is 0 Å². The van der Waals surface area contributed by atoms with Gasteiger partial charge in [-0.05, 0) is 18.1 Å². The van der Waals surface area contributed by atoms with Gasteiger partial charge in [-0.25, -0.2) is 0 Å². The lowest BCUT2D eigenvalue weighted by molar-refractivity contribution is -0.143. The molecule has 4 heteroatoms. The van der Waals surface area contributed by atoms with Gasteiger partial charge in [0.25, 0.3) is 0 Å². The number of ether oxygens (including phenoxy) is 1. The maximum absolute atomic E-state index is 12.0. The molecule has 0 saturated carbocycles. The van der Waals surface area contributed by atoms with E-state index in [2.05, 4.69) is 29.4 Å². The molecular formula is C17H22N2O2. The van der Waals surface area contributed by atoms with E-state index in [1.165, 1.54) is 23.8 Å². The summed E-state index contributed by atoms with van der Waals surface area (Å²) in [6, 6.07) is 8.26. The molecule has 1 aromatic heterocycles. The molecule has 0 saturated heterocycles. The van der Waals surface area contributed by atoms with Gasteiger partial charge >= 0.3 is 5.97 Å². The number of aromatic amines is 1. The lowest BCUT2D eigenvalue weighted by Gasteiger charge is -2.30. The van der Waals surface area contributed by atoms with Crippen molar-refractivity contribution < 1.29 is 9.53 Å². The Labute approximate surface area is 124 Å². The number of carbonyl (C=O) groups excluding carboxylic acids is 1. The third kappa shape index (κ3) is 2.56. The second kappa shape index (κ2) is 5.90. The maximum atomic E-state index is 12.0. The molecule has 1 aromatic carbocycles. The highest BCUT2D eigenvalue weighted by Crippen LogP contribution is 2.34. The third-order valence-electron chi connectivity index (χ3n) is 4.34. The summed E-state index contributed by atoms with van der Waals surface area (Å²) in [4.78, 5) is 15.5. The molecule has 0 aliphatic carbocycles. The van der Waals surface area contributed by atoms with Gasteiger partial charge in [-0.3, -0.25) is 10.1 Å². The van der Waals surface area contributed by atoms with E-state index in [1.54, 1.807) is 0 Å². The number of hydrogen-bond donors (Lipinski definition) is 2. The number of benzene rings is 1. The van der Waals surface area contributed by atoms with Crippen molar-refractivity contribution in [3.05, 3.63) is 35.5 Å². The van der Waals surface area contributed by atoms with Crippen LogP contribution in [0.4, 0.5) is 0 Å². The van der Waals surface area contributed by atoms with Crippen LogP contribution >= 0.6 is 0 Å². The van der Waals surface area contributed by atoms with E-state index < -0.39 is 0 Å². The van der Waals surface area contributed by atoms with Crippen LogP contribution in [0.25, 0.3) is 10.9 Å². The number of nitrogens with one attached hydrogen (secondary N) is 2. The van der Waals surface area contributed by atoms with Gasteiger partial charge in [0.05, 0.1) is 7.11 Å². The Bertz CT molecular complexity index is 647. The van der Waals surface area contributed by atoms with Crippen LogP contribution in [-0.2, 0) is 16.0 Å². The second-order valence-corrected chi connectivity index (χ2v) is 5.70. The first kappa shape index (κ1) is 14.1. The first-order chi connectivity index (χ1) is 10.2. The molecule has 0 fully saturated rings. The lowest BCUT2D eigenvalue weighted by atomic mass is 9.91. The Morgan fingerprint density at radius 2 is 2.19 bits per heavy atom. The number of hydrogen-bond acceptors (Lipinski definition) is 3. The smallest absolute Gasteiger partial charge is 0.323 e. The molecule has 21 heavy (non-hydrogen) atoms. The first-order valence-corrected chi connectivity index (χ1v) is 7.68. The van der Waals surface area contributed by atoms with Crippen LogP contribution in [0.15, 0.2) is 24.3 Å². The first-order valence-electron chi connectivity index (χ1n) is 7.68. The van der Waals surface area contributed by atoms with Gasteiger partial charge < -0.3 is 9.72 Å². The van der Waals surface area contributed by atoms with E-state index in [0.717, 1.165) is 24.8 Å². The lowest BCUT2D eigenvalue weighted by Crippen LogP contribution is -2.45. The van der Waals surface area contributed by atoms with Crippen molar-refractivity contribution in [2.75, 3.05) is 7.11 Å². The fraction of sp³-hybridized carbons (Fsp3) is 0.471. The highest BCUT2D eigenvalue weighted by atomic mass is 16.5. The van der Waals surface area contributed by atoms with Gasteiger partial charge in [0.2, 0.25) is 0 Å². The van der Waals surface area contributed by atoms with Gasteiger partial charge in [-0.2, -0.15) is 0 Å². The normalized spacial score (nSPS) is 21.2. The molecule has 1 aliphatic heterocycles. The number of para-hydroxylation sites is 1. The number of rotatable bonds is 4. The molecule has 3 rings (SSSR count). The molecule has 4 nitrogen and oxygen atoms in total. The Hall–Kier alpha value is -1.81. The molecule has 112 valence electrons. The van der Waals surface area contributed by atoms with Gasteiger partial charge in [0.15, 0.2) is 0 Å². The summed E-state index contributed by atoms with van der Waals surface area (Å²) in [6.07, 6.45) is 4.01. The van der Waals surface area contributed by atoms with E-state index >= 15 is 0 Å². The predicted octanol–water partition coefficient (Wildman–Crippen LogP) is 3.09. The van der Waals surface area contributed by atoms with E-state index in [1.807, 2.05) is 12.1 Å². The van der Waals surface area contributed by atoms with Gasteiger partial charge in [-0.1, -0.05) is 38.0 Å². The molecule has 0 radical (unpaired) electrons. The largest absolute Gasteiger partial charge is 0.468 e. The van der Waals surface area contributed by atoms with Gasteiger partial charge in [0, 0.05) is 29.1 Å². The van der Waals surface area contributed by atoms with Crippen molar-refractivity contribution >= 4 is 16.9 Å². The quantitative estimate of drug-likeness (QED) is 0.849. The molecule has 1 aliphatic rings. The Kier molecular flexibility index (Phi) is 3.97. The number of fused-ring (bicyclic) bond motifs is 3. The minimum absolute atomic E-state index is 0.174. The zero-order valence-electron chi connectivity index (χ0n) is 12.6. The van der Waals surface area contributed by atoms with Crippen LogP contribution in [-0.4, -0.2) is 24.1 Å². The standard InChI is InChI=1S/C17H22N2O2/c1-3-4-8-14-16-12(10-15(18-14)17(20)21-2)11-7-5-6-9-13(11)19-16/h5-7,9,14-15,18-19H,3-4,8,10H2,1-2H3/t14-,15-/m1/s1. The molecule has 2 atom stereocenters. The number of H-pyrrole nitrogens is 1. The Morgan fingerprint density at radius 3 is 2.95 bits per heavy atom. The van der Waals surface area contributed by atoms with E-state index in [0.29, 0.717) is 6.42 Å². The summed E-state index contributed by atoms with van der Waals surface area (Å²) in [6.45, 7) is 2.19. The molecule has 0 spiro atoms. The van der Waals surface area contributed by atoms with Crippen molar-refractivity contribution in [3.8, 4) is 0 Å². The molecule has 0 amide bonds. The highest BCUT2D eigenvalue weighted by molar-refractivity contribution is 5.87. The number of methoxy groups -OCH3 is 1. The minimum Gasteiger partial charge on any atom is -0.468 e. The molecule has 0 bridgehead atoms. The Balaban J connectivity index is 2.01. The highest BCUT2D eigenvalue weighted by Gasteiger charge is 2.33. The monoisotopic (exact) mass is 286 g/mol. The Morgan fingerprint density at radius 1 is 1.38 bits per heavy atom. The SMILES string of the molecule is CCCC[C@H]1N[C@@H](C(=O)OC)Cc2c1[nH]c1ccccc21. The summed E-state index contributed by atoms with van der Waals surface area (Å²) in [7, 11) is 1.45. The van der Waals surface area contributed by atoms with Crippen LogP contribution in [0, 0.1) is 0 Å². The van der Waals surface area contributed by atoms with Crippen molar-refractivity contribution in [3.63, 3.8) is 0 Å². The average Bonchev–Trinajstić information content (AvgIpc) is 2.90. The average molecular weight is 286 g/mol. The molecule has 2 N–H and O–H groups in total. The minimum atomic E-state index is -0.247. The molecule has 0 unspecified atom stereocenters. The number of unbranched alkanes of at least 4 members (excludes halogenated alkanes) is 1. The van der Waals surface area contributed by atoms with Crippen LogP contribution < -0.4 is 5.32 Å². The molecular weight excluding hydrogens is 264 g/mol.